The van der Waals surface area contributed by atoms with Crippen molar-refractivity contribution in [2.45, 2.75) is 33.5 Å². The number of furan rings is 1. The lowest BCUT2D eigenvalue weighted by Crippen LogP contribution is -2.22. The smallest absolute Gasteiger partial charge is 0.193 e. The molecule has 4 heteroatoms. The average molecular weight is 307 g/mol. The second-order valence-electron chi connectivity index (χ2n) is 5.09. The maximum absolute atomic E-state index is 5.74. The van der Waals surface area contributed by atoms with Gasteiger partial charge in [0.25, 0.3) is 0 Å². The van der Waals surface area contributed by atoms with Crippen LogP contribution in [0, 0.1) is 0 Å². The summed E-state index contributed by atoms with van der Waals surface area (Å²) in [7, 11) is 0. The van der Waals surface area contributed by atoms with Crippen LogP contribution >= 0.6 is 11.6 Å². The number of nitrogens with one attached hydrogen (secondary N) is 1. The van der Waals surface area contributed by atoms with Crippen LogP contribution in [0.15, 0.2) is 40.8 Å². The summed E-state index contributed by atoms with van der Waals surface area (Å²) in [5.41, 5.74) is 2.64. The van der Waals surface area contributed by atoms with Crippen molar-refractivity contribution in [2.75, 3.05) is 13.1 Å². The molecule has 0 aliphatic rings. The van der Waals surface area contributed by atoms with Gasteiger partial charge in [0.15, 0.2) is 5.22 Å². The van der Waals surface area contributed by atoms with E-state index < -0.39 is 0 Å². The first-order chi connectivity index (χ1) is 10.2. The Bertz CT molecular complexity index is 532. The Kier molecular flexibility index (Phi) is 6.30. The fraction of sp³-hybridized carbons (Fsp3) is 0.412. The quantitative estimate of drug-likeness (QED) is 0.797. The third-order valence-electron chi connectivity index (χ3n) is 3.58. The predicted molar refractivity (Wildman–Crippen MR) is 87.3 cm³/mol. The highest BCUT2D eigenvalue weighted by atomic mass is 35.5. The van der Waals surface area contributed by atoms with Gasteiger partial charge in [-0.3, -0.25) is 4.90 Å². The molecule has 0 aliphatic heterocycles. The zero-order valence-electron chi connectivity index (χ0n) is 12.7. The van der Waals surface area contributed by atoms with Crippen molar-refractivity contribution in [1.29, 1.82) is 0 Å². The molecule has 0 amide bonds. The van der Waals surface area contributed by atoms with Gasteiger partial charge in [0.05, 0.1) is 6.54 Å². The first-order valence-electron chi connectivity index (χ1n) is 7.46. The van der Waals surface area contributed by atoms with E-state index in [9.17, 15) is 0 Å². The highest BCUT2D eigenvalue weighted by molar-refractivity contribution is 6.28. The Morgan fingerprint density at radius 1 is 0.952 bits per heavy atom. The molecule has 1 aromatic heterocycles. The van der Waals surface area contributed by atoms with E-state index in [4.69, 9.17) is 16.0 Å². The minimum Gasteiger partial charge on any atom is -0.448 e. The molecule has 0 saturated heterocycles. The maximum Gasteiger partial charge on any atom is 0.193 e. The number of halogens is 1. The summed E-state index contributed by atoms with van der Waals surface area (Å²) in [5, 5.41) is 3.79. The summed E-state index contributed by atoms with van der Waals surface area (Å²) in [6.45, 7) is 9.10. The molecule has 2 aromatic rings. The van der Waals surface area contributed by atoms with Gasteiger partial charge in [0.2, 0.25) is 0 Å². The van der Waals surface area contributed by atoms with Gasteiger partial charge >= 0.3 is 0 Å². The van der Waals surface area contributed by atoms with E-state index in [1.54, 1.807) is 6.07 Å². The second kappa shape index (κ2) is 8.23. The van der Waals surface area contributed by atoms with Crippen molar-refractivity contribution in [1.82, 2.24) is 10.2 Å². The standard InChI is InChI=1S/C17H23ClN2O/c1-3-20(4-2)13-15-7-5-14(6-8-15)11-19-12-16-9-10-17(18)21-16/h5-10,19H,3-4,11-13H2,1-2H3. The molecule has 3 nitrogen and oxygen atoms in total. The van der Waals surface area contributed by atoms with Gasteiger partial charge in [-0.05, 0) is 48.0 Å². The Hall–Kier alpha value is -1.29. The monoisotopic (exact) mass is 306 g/mol. The molecule has 0 unspecified atom stereocenters. The van der Waals surface area contributed by atoms with Crippen LogP contribution in [0.1, 0.15) is 30.7 Å². The van der Waals surface area contributed by atoms with Gasteiger partial charge < -0.3 is 9.73 Å². The van der Waals surface area contributed by atoms with Crippen LogP contribution in [0.3, 0.4) is 0 Å². The maximum atomic E-state index is 5.74. The van der Waals surface area contributed by atoms with Crippen LogP contribution in [0.5, 0.6) is 0 Å². The van der Waals surface area contributed by atoms with Crippen molar-refractivity contribution in [2.24, 2.45) is 0 Å². The number of nitrogens with zero attached hydrogens (tertiary/aromatic N) is 1. The van der Waals surface area contributed by atoms with E-state index in [1.165, 1.54) is 11.1 Å². The molecule has 0 aliphatic carbocycles. The number of hydrogen-bond acceptors (Lipinski definition) is 3. The first-order valence-corrected chi connectivity index (χ1v) is 7.84. The van der Waals surface area contributed by atoms with E-state index in [1.807, 2.05) is 6.07 Å². The summed E-state index contributed by atoms with van der Waals surface area (Å²) in [4.78, 5) is 2.41. The molecule has 114 valence electrons. The summed E-state index contributed by atoms with van der Waals surface area (Å²) in [6, 6.07) is 12.4. The van der Waals surface area contributed by atoms with Crippen molar-refractivity contribution in [3.05, 3.63) is 58.5 Å². The SMILES string of the molecule is CCN(CC)Cc1ccc(CNCc2ccc(Cl)o2)cc1. The minimum absolute atomic E-state index is 0.438. The first kappa shape index (κ1) is 16.1. The normalized spacial score (nSPS) is 11.2. The molecule has 1 heterocycles. The van der Waals surface area contributed by atoms with Gasteiger partial charge in [-0.1, -0.05) is 38.1 Å². The largest absolute Gasteiger partial charge is 0.448 e. The molecule has 1 aromatic carbocycles. The number of hydrogen-bond donors (Lipinski definition) is 1. The van der Waals surface area contributed by atoms with Gasteiger partial charge in [-0.2, -0.15) is 0 Å². The molecule has 0 spiro atoms. The fourth-order valence-corrected chi connectivity index (χ4v) is 2.41. The topological polar surface area (TPSA) is 28.4 Å². The predicted octanol–water partition coefficient (Wildman–Crippen LogP) is 4.06. The number of rotatable bonds is 8. The molecule has 0 bridgehead atoms. The lowest BCUT2D eigenvalue weighted by atomic mass is 10.1. The van der Waals surface area contributed by atoms with Crippen LogP contribution in [0.2, 0.25) is 5.22 Å². The lowest BCUT2D eigenvalue weighted by molar-refractivity contribution is 0.296. The summed E-state index contributed by atoms with van der Waals surface area (Å²) in [6.07, 6.45) is 0. The van der Waals surface area contributed by atoms with E-state index in [2.05, 4.69) is 48.3 Å². The van der Waals surface area contributed by atoms with Crippen molar-refractivity contribution < 1.29 is 4.42 Å². The lowest BCUT2D eigenvalue weighted by Gasteiger charge is -2.18. The molecule has 0 fully saturated rings. The van der Waals surface area contributed by atoms with Gasteiger partial charge in [-0.15, -0.1) is 0 Å². The van der Waals surface area contributed by atoms with Gasteiger partial charge in [-0.25, -0.2) is 0 Å². The third kappa shape index (κ3) is 5.20. The van der Waals surface area contributed by atoms with Crippen molar-refractivity contribution in [3.8, 4) is 0 Å². The summed E-state index contributed by atoms with van der Waals surface area (Å²) < 4.78 is 5.31. The molecule has 0 saturated carbocycles. The summed E-state index contributed by atoms with van der Waals surface area (Å²) >= 11 is 5.74. The second-order valence-corrected chi connectivity index (χ2v) is 5.46. The van der Waals surface area contributed by atoms with Crippen LogP contribution in [-0.4, -0.2) is 18.0 Å². The Morgan fingerprint density at radius 2 is 1.62 bits per heavy atom. The Balaban J connectivity index is 1.79. The molecular formula is C17H23ClN2O. The highest BCUT2D eigenvalue weighted by Gasteiger charge is 2.02. The zero-order valence-corrected chi connectivity index (χ0v) is 13.5. The van der Waals surface area contributed by atoms with Crippen molar-refractivity contribution >= 4 is 11.6 Å². The Morgan fingerprint density at radius 3 is 2.19 bits per heavy atom. The molecular weight excluding hydrogens is 284 g/mol. The third-order valence-corrected chi connectivity index (χ3v) is 3.78. The molecule has 2 rings (SSSR count). The molecule has 0 radical (unpaired) electrons. The summed E-state index contributed by atoms with van der Waals surface area (Å²) in [5.74, 6) is 0.859. The molecule has 1 N–H and O–H groups in total. The van der Waals surface area contributed by atoms with Crippen molar-refractivity contribution in [3.63, 3.8) is 0 Å². The van der Waals surface area contributed by atoms with Crippen LogP contribution in [0.25, 0.3) is 0 Å². The van der Waals surface area contributed by atoms with Crippen LogP contribution in [-0.2, 0) is 19.6 Å². The fourth-order valence-electron chi connectivity index (χ4n) is 2.24. The van der Waals surface area contributed by atoms with E-state index in [0.29, 0.717) is 11.8 Å². The van der Waals surface area contributed by atoms with Crippen LogP contribution in [0.4, 0.5) is 0 Å². The molecule has 0 atom stereocenters. The van der Waals surface area contributed by atoms with Gasteiger partial charge in [0, 0.05) is 13.1 Å². The highest BCUT2D eigenvalue weighted by Crippen LogP contribution is 2.13. The average Bonchev–Trinajstić information content (AvgIpc) is 2.92. The van der Waals surface area contributed by atoms with E-state index in [0.717, 1.165) is 31.9 Å². The van der Waals surface area contributed by atoms with Crippen LogP contribution < -0.4 is 5.32 Å². The zero-order chi connectivity index (χ0) is 15.1. The van der Waals surface area contributed by atoms with E-state index >= 15 is 0 Å². The molecule has 21 heavy (non-hydrogen) atoms. The number of benzene rings is 1. The Labute approximate surface area is 131 Å². The van der Waals surface area contributed by atoms with Gasteiger partial charge in [0.1, 0.15) is 5.76 Å². The van der Waals surface area contributed by atoms with E-state index in [-0.39, 0.29) is 0 Å². The minimum atomic E-state index is 0.438.